The minimum atomic E-state index is -0.167. The zero-order chi connectivity index (χ0) is 19.3. The van der Waals surface area contributed by atoms with Crippen molar-refractivity contribution in [2.45, 2.75) is 13.0 Å². The van der Waals surface area contributed by atoms with Crippen molar-refractivity contribution in [3.8, 4) is 22.6 Å². The van der Waals surface area contributed by atoms with Gasteiger partial charge in [0.2, 0.25) is 0 Å². The molecule has 0 saturated carbocycles. The summed E-state index contributed by atoms with van der Waals surface area (Å²) in [5.41, 5.74) is 3.41. The van der Waals surface area contributed by atoms with Crippen molar-refractivity contribution in [3.05, 3.63) is 70.8 Å². The van der Waals surface area contributed by atoms with Gasteiger partial charge < -0.3 is 9.72 Å². The zero-order valence-corrected chi connectivity index (χ0v) is 16.0. The molecule has 1 aromatic carbocycles. The van der Waals surface area contributed by atoms with E-state index in [1.165, 1.54) is 6.07 Å². The van der Waals surface area contributed by atoms with Crippen molar-refractivity contribution in [1.82, 2.24) is 19.9 Å². The van der Waals surface area contributed by atoms with Crippen LogP contribution in [0.25, 0.3) is 22.6 Å². The smallest absolute Gasteiger partial charge is 0.251 e. The lowest BCUT2D eigenvalue weighted by Gasteiger charge is -2.18. The Morgan fingerprint density at radius 1 is 1.25 bits per heavy atom. The van der Waals surface area contributed by atoms with Gasteiger partial charge in [-0.25, -0.2) is 4.98 Å². The number of methoxy groups -OCH3 is 1. The molecule has 0 radical (unpaired) electrons. The van der Waals surface area contributed by atoms with Gasteiger partial charge in [0.25, 0.3) is 5.56 Å². The topological polar surface area (TPSA) is 71.1 Å². The summed E-state index contributed by atoms with van der Waals surface area (Å²) in [5.74, 6) is 1.18. The number of hydrogen-bond acceptors (Lipinski definition) is 5. The first-order valence-corrected chi connectivity index (χ1v) is 9.54. The maximum absolute atomic E-state index is 12.3. The molecule has 28 heavy (non-hydrogen) atoms. The first-order valence-electron chi connectivity index (χ1n) is 9.54. The highest BCUT2D eigenvalue weighted by Gasteiger charge is 2.23. The molecule has 1 atom stereocenters. The molecule has 1 saturated heterocycles. The third-order valence-corrected chi connectivity index (χ3v) is 5.14. The minimum Gasteiger partial charge on any atom is -0.384 e. The summed E-state index contributed by atoms with van der Waals surface area (Å²) in [6, 6.07) is 13.4. The molecule has 0 amide bonds. The average molecular weight is 376 g/mol. The van der Waals surface area contributed by atoms with E-state index in [9.17, 15) is 4.79 Å². The van der Waals surface area contributed by atoms with Gasteiger partial charge in [-0.2, -0.15) is 0 Å². The second-order valence-electron chi connectivity index (χ2n) is 7.22. The lowest BCUT2D eigenvalue weighted by Crippen LogP contribution is -2.22. The Morgan fingerprint density at radius 2 is 2.14 bits per heavy atom. The van der Waals surface area contributed by atoms with Crippen molar-refractivity contribution in [2.75, 3.05) is 26.8 Å². The maximum atomic E-state index is 12.3. The number of pyridine rings is 1. The Labute approximate surface area is 164 Å². The summed E-state index contributed by atoms with van der Waals surface area (Å²) in [5, 5.41) is 0. The third-order valence-electron chi connectivity index (χ3n) is 5.14. The molecule has 0 spiro atoms. The third kappa shape index (κ3) is 4.18. The fourth-order valence-corrected chi connectivity index (χ4v) is 3.81. The first-order chi connectivity index (χ1) is 13.7. The fourth-order valence-electron chi connectivity index (χ4n) is 3.81. The highest BCUT2D eigenvalue weighted by Crippen LogP contribution is 2.25. The number of rotatable bonds is 6. The maximum Gasteiger partial charge on any atom is 0.251 e. The molecule has 1 fully saturated rings. The van der Waals surface area contributed by atoms with Crippen LogP contribution in [0.4, 0.5) is 0 Å². The second kappa shape index (κ2) is 8.46. The standard InChI is InChI=1S/C22H24N4O2/c1-28-15-16-8-10-26(13-16)14-18-5-2-3-7-19(18)22-24-20(11-21(27)25-22)17-6-4-9-23-12-17/h2-7,9,11-12,16H,8,10,13-15H2,1H3,(H,24,25,27). The monoisotopic (exact) mass is 376 g/mol. The predicted molar refractivity (Wildman–Crippen MR) is 109 cm³/mol. The number of hydrogen-bond donors (Lipinski definition) is 1. The Hall–Kier alpha value is -2.83. The van der Waals surface area contributed by atoms with Crippen LogP contribution in [0.3, 0.4) is 0 Å². The van der Waals surface area contributed by atoms with E-state index in [0.717, 1.165) is 49.4 Å². The quantitative estimate of drug-likeness (QED) is 0.716. The highest BCUT2D eigenvalue weighted by atomic mass is 16.5. The average Bonchev–Trinajstić information content (AvgIpc) is 3.16. The van der Waals surface area contributed by atoms with Gasteiger partial charge in [0.15, 0.2) is 0 Å². The number of likely N-dealkylation sites (tertiary alicyclic amines) is 1. The summed E-state index contributed by atoms with van der Waals surface area (Å²) in [6.45, 7) is 3.72. The van der Waals surface area contributed by atoms with E-state index in [2.05, 4.69) is 20.9 Å². The number of nitrogens with zero attached hydrogens (tertiary/aromatic N) is 3. The SMILES string of the molecule is COCC1CCN(Cc2ccccc2-c2nc(-c3cccnc3)cc(=O)[nH]2)C1. The number of ether oxygens (including phenoxy) is 1. The normalized spacial score (nSPS) is 17.1. The molecule has 1 aliphatic rings. The Kier molecular flexibility index (Phi) is 5.60. The number of H-pyrrole nitrogens is 1. The van der Waals surface area contributed by atoms with Crippen LogP contribution in [0.2, 0.25) is 0 Å². The van der Waals surface area contributed by atoms with Crippen LogP contribution >= 0.6 is 0 Å². The molecule has 1 unspecified atom stereocenters. The summed E-state index contributed by atoms with van der Waals surface area (Å²) in [6.07, 6.45) is 4.58. The van der Waals surface area contributed by atoms with E-state index >= 15 is 0 Å². The number of nitrogens with one attached hydrogen (secondary N) is 1. The molecule has 0 bridgehead atoms. The van der Waals surface area contributed by atoms with E-state index in [-0.39, 0.29) is 5.56 Å². The van der Waals surface area contributed by atoms with Gasteiger partial charge in [-0.3, -0.25) is 14.7 Å². The highest BCUT2D eigenvalue weighted by molar-refractivity contribution is 5.65. The first kappa shape index (κ1) is 18.5. The Morgan fingerprint density at radius 3 is 2.96 bits per heavy atom. The molecule has 1 N–H and O–H groups in total. The molecule has 6 nitrogen and oxygen atoms in total. The molecule has 2 aromatic heterocycles. The van der Waals surface area contributed by atoms with E-state index in [1.807, 2.05) is 30.3 Å². The predicted octanol–water partition coefficient (Wildman–Crippen LogP) is 2.97. The lowest BCUT2D eigenvalue weighted by atomic mass is 10.1. The van der Waals surface area contributed by atoms with Crippen LogP contribution in [0.15, 0.2) is 59.7 Å². The van der Waals surface area contributed by atoms with Gasteiger partial charge in [-0.1, -0.05) is 24.3 Å². The van der Waals surface area contributed by atoms with Gasteiger partial charge >= 0.3 is 0 Å². The second-order valence-corrected chi connectivity index (χ2v) is 7.22. The van der Waals surface area contributed by atoms with Crippen molar-refractivity contribution < 1.29 is 4.74 Å². The van der Waals surface area contributed by atoms with Crippen molar-refractivity contribution in [3.63, 3.8) is 0 Å². The van der Waals surface area contributed by atoms with E-state index in [1.54, 1.807) is 19.5 Å². The number of aromatic nitrogens is 3. The molecule has 144 valence electrons. The van der Waals surface area contributed by atoms with E-state index in [4.69, 9.17) is 9.72 Å². The molecule has 0 aliphatic carbocycles. The van der Waals surface area contributed by atoms with Crippen LogP contribution in [-0.2, 0) is 11.3 Å². The van der Waals surface area contributed by atoms with Crippen LogP contribution in [-0.4, -0.2) is 46.7 Å². The largest absolute Gasteiger partial charge is 0.384 e. The van der Waals surface area contributed by atoms with Gasteiger partial charge in [-0.15, -0.1) is 0 Å². The Bertz CT molecular complexity index is 987. The molecule has 4 rings (SSSR count). The molecule has 6 heteroatoms. The van der Waals surface area contributed by atoms with Crippen molar-refractivity contribution >= 4 is 0 Å². The summed E-state index contributed by atoms with van der Waals surface area (Å²) in [4.78, 5) is 26.5. The van der Waals surface area contributed by atoms with Crippen LogP contribution in [0.5, 0.6) is 0 Å². The lowest BCUT2D eigenvalue weighted by molar-refractivity contribution is 0.152. The van der Waals surface area contributed by atoms with Gasteiger partial charge in [0, 0.05) is 49.8 Å². The Balaban J connectivity index is 1.64. The van der Waals surface area contributed by atoms with Gasteiger partial charge in [0.1, 0.15) is 5.82 Å². The molecule has 1 aliphatic heterocycles. The summed E-state index contributed by atoms with van der Waals surface area (Å²) in [7, 11) is 1.76. The molecular weight excluding hydrogens is 352 g/mol. The van der Waals surface area contributed by atoms with Crippen LogP contribution < -0.4 is 5.56 Å². The zero-order valence-electron chi connectivity index (χ0n) is 16.0. The number of benzene rings is 1. The van der Waals surface area contributed by atoms with Crippen LogP contribution in [0.1, 0.15) is 12.0 Å². The number of aromatic amines is 1. The fraction of sp³-hybridized carbons (Fsp3) is 0.318. The molecule has 3 heterocycles. The van der Waals surface area contributed by atoms with Gasteiger partial charge in [-0.05, 0) is 36.6 Å². The van der Waals surface area contributed by atoms with Gasteiger partial charge in [0.05, 0.1) is 12.3 Å². The summed E-state index contributed by atoms with van der Waals surface area (Å²) >= 11 is 0. The van der Waals surface area contributed by atoms with Crippen molar-refractivity contribution in [1.29, 1.82) is 0 Å². The van der Waals surface area contributed by atoms with E-state index < -0.39 is 0 Å². The van der Waals surface area contributed by atoms with Crippen LogP contribution in [0, 0.1) is 5.92 Å². The van der Waals surface area contributed by atoms with Crippen molar-refractivity contribution in [2.24, 2.45) is 5.92 Å². The molecular formula is C22H24N4O2. The minimum absolute atomic E-state index is 0.167. The van der Waals surface area contributed by atoms with E-state index in [0.29, 0.717) is 17.4 Å². The molecule has 3 aromatic rings. The summed E-state index contributed by atoms with van der Waals surface area (Å²) < 4.78 is 5.30.